The molecule has 1 nitrogen and oxygen atoms in total. The average molecular weight is 506 g/mol. The summed E-state index contributed by atoms with van der Waals surface area (Å²) in [5.41, 5.74) is 0.912. The lowest BCUT2D eigenvalue weighted by molar-refractivity contribution is 0.481. The summed E-state index contributed by atoms with van der Waals surface area (Å²) < 4.78 is 0. The molecule has 0 atom stereocenters. The lowest BCUT2D eigenvalue weighted by atomic mass is 10.1. The van der Waals surface area contributed by atoms with Crippen molar-refractivity contribution in [3.05, 3.63) is 132 Å². The largest absolute Gasteiger partial charge is 0.373 e. The monoisotopic (exact) mass is 505 g/mol. The molecule has 0 saturated carbocycles. The number of hydrogen-bond donors (Lipinski definition) is 1. The molecule has 0 unspecified atom stereocenters. The van der Waals surface area contributed by atoms with E-state index in [0.717, 1.165) is 5.70 Å². The van der Waals surface area contributed by atoms with Gasteiger partial charge in [0.2, 0.25) is 0 Å². The van der Waals surface area contributed by atoms with Crippen LogP contribution in [0.25, 0.3) is 0 Å². The molecule has 0 aliphatic rings. The van der Waals surface area contributed by atoms with Crippen molar-refractivity contribution in [2.24, 2.45) is 0 Å². The van der Waals surface area contributed by atoms with Crippen LogP contribution in [0, 0.1) is 11.8 Å². The van der Waals surface area contributed by atoms with Gasteiger partial charge in [-0.15, -0.1) is 0 Å². The second kappa shape index (κ2) is 12.2. The topological polar surface area (TPSA) is 12.0 Å². The number of hydrogen-bond acceptors (Lipinski definition) is 1. The fourth-order valence-electron chi connectivity index (χ4n) is 4.06. The molecule has 4 rings (SSSR count). The molecule has 3 heteroatoms. The van der Waals surface area contributed by atoms with E-state index in [1.165, 1.54) is 26.3 Å². The molecule has 0 spiro atoms. The first-order valence-corrected chi connectivity index (χ1v) is 14.9. The van der Waals surface area contributed by atoms with Gasteiger partial charge in [0.25, 0.3) is 0 Å². The molecule has 0 aliphatic heterocycles. The molecule has 0 aliphatic carbocycles. The number of allylic oxidation sites excluding steroid dienone is 1. The molecule has 0 saturated heterocycles. The van der Waals surface area contributed by atoms with Gasteiger partial charge in [-0.1, -0.05) is 127 Å². The minimum Gasteiger partial charge on any atom is -0.373 e. The van der Waals surface area contributed by atoms with E-state index in [0.29, 0.717) is 0 Å². The SMILES string of the molecule is CC#CC(NC(C)(C)C)=C(P(c1ccccc1)c1ccccc1)P(c1ccccc1)c1ccccc1. The van der Waals surface area contributed by atoms with Crippen LogP contribution in [0.2, 0.25) is 0 Å². The minimum atomic E-state index is -0.861. The van der Waals surface area contributed by atoms with E-state index in [1.54, 1.807) is 0 Å². The van der Waals surface area contributed by atoms with E-state index < -0.39 is 15.8 Å². The van der Waals surface area contributed by atoms with Crippen LogP contribution in [0.15, 0.2) is 132 Å². The molecule has 1 N–H and O–H groups in total. The summed E-state index contributed by atoms with van der Waals surface area (Å²) in [5.74, 6) is 6.77. The Bertz CT molecular complexity index is 1170. The lowest BCUT2D eigenvalue weighted by Crippen LogP contribution is -2.36. The number of rotatable bonds is 7. The Balaban J connectivity index is 2.12. The van der Waals surface area contributed by atoms with Gasteiger partial charge in [0, 0.05) is 10.6 Å². The zero-order valence-electron chi connectivity index (χ0n) is 21.4. The first-order valence-electron chi connectivity index (χ1n) is 12.2. The van der Waals surface area contributed by atoms with Crippen LogP contribution in [-0.2, 0) is 0 Å². The second-order valence-electron chi connectivity index (χ2n) is 9.46. The van der Waals surface area contributed by atoms with Crippen molar-refractivity contribution in [1.29, 1.82) is 0 Å². The Morgan fingerprint density at radius 1 is 0.556 bits per heavy atom. The summed E-state index contributed by atoms with van der Waals surface area (Å²) in [6, 6.07) is 43.8. The third kappa shape index (κ3) is 6.53. The molecule has 0 radical (unpaired) electrons. The molecule has 0 bridgehead atoms. The summed E-state index contributed by atoms with van der Waals surface area (Å²) in [4.78, 5) is 0. The minimum absolute atomic E-state index is 0.132. The van der Waals surface area contributed by atoms with E-state index in [2.05, 4.69) is 159 Å². The maximum Gasteiger partial charge on any atom is 0.0952 e. The third-order valence-electron chi connectivity index (χ3n) is 5.45. The highest BCUT2D eigenvalue weighted by molar-refractivity contribution is 7.94. The Hall–Kier alpha value is -3.16. The van der Waals surface area contributed by atoms with Crippen molar-refractivity contribution in [1.82, 2.24) is 5.32 Å². The van der Waals surface area contributed by atoms with Gasteiger partial charge in [0.1, 0.15) is 0 Å². The Labute approximate surface area is 219 Å². The average Bonchev–Trinajstić information content (AvgIpc) is 2.90. The van der Waals surface area contributed by atoms with Crippen molar-refractivity contribution in [2.75, 3.05) is 0 Å². The predicted molar refractivity (Wildman–Crippen MR) is 162 cm³/mol. The smallest absolute Gasteiger partial charge is 0.0952 e. The Kier molecular flexibility index (Phi) is 8.78. The molecule has 4 aromatic rings. The van der Waals surface area contributed by atoms with Crippen LogP contribution in [0.1, 0.15) is 27.7 Å². The van der Waals surface area contributed by atoms with Gasteiger partial charge in [-0.05, 0) is 70.7 Å². The van der Waals surface area contributed by atoms with Crippen LogP contribution < -0.4 is 26.5 Å². The molecule has 0 fully saturated rings. The van der Waals surface area contributed by atoms with Crippen LogP contribution in [0.5, 0.6) is 0 Å². The second-order valence-corrected chi connectivity index (χ2v) is 14.1. The fraction of sp³-hybridized carbons (Fsp3) is 0.152. The van der Waals surface area contributed by atoms with E-state index in [4.69, 9.17) is 0 Å². The highest BCUT2D eigenvalue weighted by Crippen LogP contribution is 2.61. The first-order chi connectivity index (χ1) is 17.5. The van der Waals surface area contributed by atoms with Gasteiger partial charge >= 0.3 is 0 Å². The maximum atomic E-state index is 3.84. The van der Waals surface area contributed by atoms with Crippen molar-refractivity contribution >= 4 is 37.1 Å². The molecular formula is C33H33NP2. The highest BCUT2D eigenvalue weighted by Gasteiger charge is 2.32. The van der Waals surface area contributed by atoms with E-state index in [1.807, 2.05) is 6.92 Å². The molecular weight excluding hydrogens is 472 g/mol. The summed E-state index contributed by atoms with van der Waals surface area (Å²) in [6.07, 6.45) is 0. The van der Waals surface area contributed by atoms with E-state index >= 15 is 0 Å². The van der Waals surface area contributed by atoms with Gasteiger partial charge < -0.3 is 5.32 Å². The molecule has 0 heterocycles. The zero-order valence-corrected chi connectivity index (χ0v) is 23.2. The van der Waals surface area contributed by atoms with Crippen molar-refractivity contribution in [3.63, 3.8) is 0 Å². The molecule has 180 valence electrons. The first kappa shape index (κ1) is 25.9. The van der Waals surface area contributed by atoms with Gasteiger partial charge in [-0.3, -0.25) is 0 Å². The molecule has 0 aromatic heterocycles. The summed E-state index contributed by atoms with van der Waals surface area (Å²) >= 11 is 0. The highest BCUT2D eigenvalue weighted by atomic mass is 31.2. The van der Waals surface area contributed by atoms with Crippen LogP contribution >= 0.6 is 15.8 Å². The summed E-state index contributed by atoms with van der Waals surface area (Å²) in [7, 11) is -1.72. The fourth-order valence-corrected chi connectivity index (χ4v) is 10.4. The van der Waals surface area contributed by atoms with Crippen molar-refractivity contribution in [2.45, 2.75) is 33.2 Å². The van der Waals surface area contributed by atoms with Crippen LogP contribution in [-0.4, -0.2) is 5.54 Å². The Morgan fingerprint density at radius 3 is 1.11 bits per heavy atom. The van der Waals surface area contributed by atoms with E-state index in [-0.39, 0.29) is 5.54 Å². The lowest BCUT2D eigenvalue weighted by Gasteiger charge is -2.33. The zero-order chi connectivity index (χ0) is 25.4. The van der Waals surface area contributed by atoms with Gasteiger partial charge in [0.15, 0.2) is 0 Å². The van der Waals surface area contributed by atoms with Crippen molar-refractivity contribution < 1.29 is 0 Å². The van der Waals surface area contributed by atoms with Gasteiger partial charge in [0.05, 0.1) is 5.70 Å². The van der Waals surface area contributed by atoms with Crippen LogP contribution in [0.4, 0.5) is 0 Å². The van der Waals surface area contributed by atoms with Gasteiger partial charge in [-0.25, -0.2) is 0 Å². The van der Waals surface area contributed by atoms with E-state index in [9.17, 15) is 0 Å². The molecule has 4 aromatic carbocycles. The van der Waals surface area contributed by atoms with Crippen molar-refractivity contribution in [3.8, 4) is 11.8 Å². The summed E-state index contributed by atoms with van der Waals surface area (Å²) in [5, 5.41) is 10.6. The number of benzene rings is 4. The maximum absolute atomic E-state index is 3.84. The number of nitrogens with one attached hydrogen (secondary N) is 1. The van der Waals surface area contributed by atoms with Gasteiger partial charge in [-0.2, -0.15) is 0 Å². The standard InChI is InChI=1S/C33H33NP2/c1-5-18-31(34-33(2,3)4)32(35(27-19-10-6-11-20-27)28-21-12-7-13-22-28)36(29-23-14-8-15-24-29)30-25-16-9-17-26-30/h6-17,19-26,34H,1-4H3. The molecule has 0 amide bonds. The molecule has 36 heavy (non-hydrogen) atoms. The normalized spacial score (nSPS) is 11.1. The Morgan fingerprint density at radius 2 is 0.861 bits per heavy atom. The van der Waals surface area contributed by atoms with Crippen LogP contribution in [0.3, 0.4) is 0 Å². The predicted octanol–water partition coefficient (Wildman–Crippen LogP) is 6.83. The third-order valence-corrected chi connectivity index (χ3v) is 11.2. The quantitative estimate of drug-likeness (QED) is 0.214. The summed E-state index contributed by atoms with van der Waals surface area (Å²) in [6.45, 7) is 8.57.